The molecule has 29 heavy (non-hydrogen) atoms. The number of benzene rings is 1. The molecule has 2 aliphatic heterocycles. The number of hydrogen-bond acceptors (Lipinski definition) is 6. The summed E-state index contributed by atoms with van der Waals surface area (Å²) in [7, 11) is 0. The van der Waals surface area contributed by atoms with Crippen molar-refractivity contribution in [3.8, 4) is 0 Å². The Balaban J connectivity index is 1.47. The van der Waals surface area contributed by atoms with Gasteiger partial charge in [0.25, 0.3) is 11.9 Å². The van der Waals surface area contributed by atoms with E-state index in [0.717, 1.165) is 45.3 Å². The number of rotatable bonds is 5. The highest BCUT2D eigenvalue weighted by Crippen LogP contribution is 2.28. The fourth-order valence-electron chi connectivity index (χ4n) is 4.16. The van der Waals surface area contributed by atoms with E-state index in [-0.39, 0.29) is 24.2 Å². The Hall–Kier alpha value is -2.61. The van der Waals surface area contributed by atoms with Gasteiger partial charge in [-0.15, -0.1) is 0 Å². The van der Waals surface area contributed by atoms with Gasteiger partial charge in [0.15, 0.2) is 5.69 Å². The number of anilines is 3. The average molecular weight is 402 g/mol. The van der Waals surface area contributed by atoms with Crippen LogP contribution in [0.2, 0.25) is 0 Å². The first-order valence-corrected chi connectivity index (χ1v) is 10.3. The molecule has 1 aromatic heterocycles. The van der Waals surface area contributed by atoms with Crippen molar-refractivity contribution in [3.63, 3.8) is 0 Å². The molecule has 156 valence electrons. The molecule has 2 N–H and O–H groups in total. The van der Waals surface area contributed by atoms with Crippen LogP contribution in [0, 0.1) is 12.7 Å². The highest BCUT2D eigenvalue weighted by atomic mass is 19.1. The summed E-state index contributed by atoms with van der Waals surface area (Å²) < 4.78 is 20.3. The number of aromatic nitrogens is 1. The lowest BCUT2D eigenvalue weighted by Crippen LogP contribution is -2.32. The van der Waals surface area contributed by atoms with Crippen molar-refractivity contribution < 1.29 is 18.7 Å². The summed E-state index contributed by atoms with van der Waals surface area (Å²) >= 11 is 0. The van der Waals surface area contributed by atoms with Gasteiger partial charge in [-0.25, -0.2) is 4.39 Å². The van der Waals surface area contributed by atoms with Crippen molar-refractivity contribution in [3.05, 3.63) is 35.5 Å². The maximum atomic E-state index is 14.6. The monoisotopic (exact) mass is 402 g/mol. The topological polar surface area (TPSA) is 81.8 Å². The lowest BCUT2D eigenvalue weighted by molar-refractivity contribution is 0.102. The van der Waals surface area contributed by atoms with Gasteiger partial charge in [0.05, 0.1) is 18.3 Å². The fraction of sp³-hybridized carbons (Fsp3) is 0.524. The van der Waals surface area contributed by atoms with Crippen LogP contribution < -0.4 is 15.1 Å². The normalized spacial score (nSPS) is 19.6. The number of hydrogen-bond donors (Lipinski definition) is 2. The van der Waals surface area contributed by atoms with Crippen LogP contribution in [-0.4, -0.2) is 48.3 Å². The van der Waals surface area contributed by atoms with E-state index in [1.54, 1.807) is 19.1 Å². The summed E-state index contributed by atoms with van der Waals surface area (Å²) in [6, 6.07) is 5.08. The Morgan fingerprint density at radius 1 is 1.28 bits per heavy atom. The van der Waals surface area contributed by atoms with Crippen molar-refractivity contribution >= 4 is 23.3 Å². The van der Waals surface area contributed by atoms with Gasteiger partial charge in [-0.2, -0.15) is 4.98 Å². The van der Waals surface area contributed by atoms with Gasteiger partial charge >= 0.3 is 0 Å². The van der Waals surface area contributed by atoms with Gasteiger partial charge in [-0.3, -0.25) is 4.79 Å². The fourth-order valence-corrected chi connectivity index (χ4v) is 4.16. The van der Waals surface area contributed by atoms with Crippen molar-refractivity contribution in [1.29, 1.82) is 0 Å². The molecule has 0 saturated carbocycles. The number of oxazole rings is 1. The Kier molecular flexibility index (Phi) is 5.71. The van der Waals surface area contributed by atoms with Crippen LogP contribution in [0.25, 0.3) is 0 Å². The predicted octanol–water partition coefficient (Wildman–Crippen LogP) is 3.33. The highest BCUT2D eigenvalue weighted by Gasteiger charge is 2.29. The maximum absolute atomic E-state index is 14.6. The van der Waals surface area contributed by atoms with E-state index in [0.29, 0.717) is 23.1 Å². The minimum absolute atomic E-state index is 0.0194. The molecular weight excluding hydrogens is 375 g/mol. The molecule has 7 nitrogen and oxygen atoms in total. The first-order valence-electron chi connectivity index (χ1n) is 10.3. The van der Waals surface area contributed by atoms with E-state index in [4.69, 9.17) is 4.42 Å². The van der Waals surface area contributed by atoms with Gasteiger partial charge < -0.3 is 24.6 Å². The second-order valence-electron chi connectivity index (χ2n) is 7.74. The molecule has 1 amide bonds. The molecule has 0 aliphatic carbocycles. The Morgan fingerprint density at radius 2 is 2.07 bits per heavy atom. The average Bonchev–Trinajstić information content (AvgIpc) is 3.35. The molecule has 0 bridgehead atoms. The van der Waals surface area contributed by atoms with Crippen molar-refractivity contribution in [2.24, 2.45) is 0 Å². The summed E-state index contributed by atoms with van der Waals surface area (Å²) in [6.45, 7) is 4.14. The highest BCUT2D eigenvalue weighted by molar-refractivity contribution is 6.03. The van der Waals surface area contributed by atoms with Crippen LogP contribution in [0.5, 0.6) is 0 Å². The Labute approximate surface area is 169 Å². The number of aliphatic hydroxyl groups excluding tert-OH is 1. The van der Waals surface area contributed by atoms with E-state index in [1.165, 1.54) is 12.5 Å². The number of carbonyl (C=O) groups is 1. The maximum Gasteiger partial charge on any atom is 0.298 e. The minimum atomic E-state index is -0.442. The largest absolute Gasteiger partial charge is 0.428 e. The smallest absolute Gasteiger partial charge is 0.298 e. The number of nitrogens with one attached hydrogen (secondary N) is 1. The van der Waals surface area contributed by atoms with Crippen LogP contribution in [0.3, 0.4) is 0 Å². The molecule has 1 unspecified atom stereocenters. The van der Waals surface area contributed by atoms with E-state index in [1.807, 2.05) is 9.80 Å². The first-order chi connectivity index (χ1) is 14.1. The molecule has 1 atom stereocenters. The van der Waals surface area contributed by atoms with E-state index < -0.39 is 5.91 Å². The minimum Gasteiger partial charge on any atom is -0.428 e. The lowest BCUT2D eigenvalue weighted by atomic mass is 10.1. The quantitative estimate of drug-likeness (QED) is 0.798. The third-order valence-electron chi connectivity index (χ3n) is 5.74. The van der Waals surface area contributed by atoms with Gasteiger partial charge in [0, 0.05) is 25.3 Å². The van der Waals surface area contributed by atoms with Crippen LogP contribution in [0.1, 0.15) is 48.4 Å². The van der Waals surface area contributed by atoms with Crippen LogP contribution in [0.4, 0.5) is 21.8 Å². The molecular formula is C21H27FN4O3. The summed E-state index contributed by atoms with van der Waals surface area (Å²) in [5, 5.41) is 12.2. The third kappa shape index (κ3) is 4.07. The van der Waals surface area contributed by atoms with E-state index in [2.05, 4.69) is 10.3 Å². The summed E-state index contributed by atoms with van der Waals surface area (Å²) in [5.41, 5.74) is 1.13. The number of piperidine rings is 1. The zero-order valence-corrected chi connectivity index (χ0v) is 16.7. The van der Waals surface area contributed by atoms with Gasteiger partial charge in [-0.05, 0) is 57.2 Å². The molecule has 4 rings (SSSR count). The van der Waals surface area contributed by atoms with Crippen molar-refractivity contribution in [2.45, 2.75) is 45.1 Å². The molecule has 8 heteroatoms. The zero-order chi connectivity index (χ0) is 20.4. The molecule has 0 spiro atoms. The summed E-state index contributed by atoms with van der Waals surface area (Å²) in [6.07, 6.45) is 5.13. The van der Waals surface area contributed by atoms with E-state index >= 15 is 0 Å². The molecule has 2 aromatic rings. The van der Waals surface area contributed by atoms with Crippen LogP contribution >= 0.6 is 0 Å². The van der Waals surface area contributed by atoms with Crippen LogP contribution in [0.15, 0.2) is 22.6 Å². The Bertz CT molecular complexity index is 879. The zero-order valence-electron chi connectivity index (χ0n) is 16.7. The number of nitrogens with zero attached hydrogens (tertiary/aromatic N) is 3. The van der Waals surface area contributed by atoms with E-state index in [9.17, 15) is 14.3 Å². The van der Waals surface area contributed by atoms with Crippen molar-refractivity contribution in [1.82, 2.24) is 4.98 Å². The number of amides is 1. The molecule has 0 radical (unpaired) electrons. The molecule has 1 aromatic carbocycles. The summed E-state index contributed by atoms with van der Waals surface area (Å²) in [4.78, 5) is 20.9. The number of carbonyl (C=O) groups excluding carboxylic acids is 1. The predicted molar refractivity (Wildman–Crippen MR) is 109 cm³/mol. The third-order valence-corrected chi connectivity index (χ3v) is 5.74. The number of aliphatic hydroxyl groups is 1. The SMILES string of the molecule is Cc1oc(N2CCCC2CO)nc1C(=O)Nc1ccc(N2CCCCC2)c(F)c1. The molecule has 3 heterocycles. The summed E-state index contributed by atoms with van der Waals surface area (Å²) in [5.74, 6) is -0.390. The Morgan fingerprint density at radius 3 is 2.79 bits per heavy atom. The van der Waals surface area contributed by atoms with Gasteiger partial charge in [-0.1, -0.05) is 0 Å². The van der Waals surface area contributed by atoms with Gasteiger partial charge in [0.1, 0.15) is 11.6 Å². The van der Waals surface area contributed by atoms with Crippen LogP contribution in [-0.2, 0) is 0 Å². The second kappa shape index (κ2) is 8.41. The second-order valence-corrected chi connectivity index (χ2v) is 7.74. The first kappa shape index (κ1) is 19.7. The standard InChI is InChI=1S/C21H27FN4O3/c1-14-19(24-21(29-14)26-11-5-6-16(26)13-27)20(28)23-15-7-8-18(17(22)12-15)25-9-3-2-4-10-25/h7-8,12,16,27H,2-6,9-11,13H2,1H3,(H,23,28). The molecule has 2 saturated heterocycles. The lowest BCUT2D eigenvalue weighted by Gasteiger charge is -2.29. The van der Waals surface area contributed by atoms with Crippen molar-refractivity contribution in [2.75, 3.05) is 41.4 Å². The number of aryl methyl sites for hydroxylation is 1. The van der Waals surface area contributed by atoms with Gasteiger partial charge in [0.2, 0.25) is 0 Å². The number of halogens is 1. The molecule has 2 fully saturated rings. The molecule has 2 aliphatic rings.